The van der Waals surface area contributed by atoms with Crippen LogP contribution < -0.4 is 5.32 Å². The molecule has 1 amide bonds. The zero-order chi connectivity index (χ0) is 19.4. The smallest absolute Gasteiger partial charge is 0.341 e. The Morgan fingerprint density at radius 2 is 2.00 bits per heavy atom. The molecule has 1 N–H and O–H groups in total. The van der Waals surface area contributed by atoms with Gasteiger partial charge in [0.1, 0.15) is 5.00 Å². The third-order valence-electron chi connectivity index (χ3n) is 4.67. The Hall–Kier alpha value is -2.44. The van der Waals surface area contributed by atoms with Crippen LogP contribution in [0, 0.1) is 0 Å². The molecule has 0 saturated carbocycles. The van der Waals surface area contributed by atoms with E-state index in [1.54, 1.807) is 6.08 Å². The standard InChI is InChI=1S/C21H24N2O3S/c1-14(2)23-12-11-16-17(13-23)27-20(19(16)21(25)26-3)22-18(24)10-9-15-7-5-4-6-8-15/h4-10,14H,11-13H2,1-3H3,(H,22,24)/b10-9-. The maximum Gasteiger partial charge on any atom is 0.341 e. The van der Waals surface area contributed by atoms with Gasteiger partial charge in [-0.15, -0.1) is 11.3 Å². The summed E-state index contributed by atoms with van der Waals surface area (Å²) >= 11 is 1.47. The molecule has 0 radical (unpaired) electrons. The quantitative estimate of drug-likeness (QED) is 0.626. The molecule has 2 heterocycles. The highest BCUT2D eigenvalue weighted by atomic mass is 32.1. The van der Waals surface area contributed by atoms with Crippen LogP contribution in [0.25, 0.3) is 6.08 Å². The van der Waals surface area contributed by atoms with Crippen LogP contribution in [0.3, 0.4) is 0 Å². The van der Waals surface area contributed by atoms with Crippen LogP contribution in [-0.2, 0) is 22.5 Å². The van der Waals surface area contributed by atoms with Gasteiger partial charge in [0, 0.05) is 30.1 Å². The van der Waals surface area contributed by atoms with Crippen LogP contribution in [0.1, 0.15) is 40.2 Å². The van der Waals surface area contributed by atoms with Crippen LogP contribution in [0.2, 0.25) is 0 Å². The van der Waals surface area contributed by atoms with E-state index in [0.29, 0.717) is 16.6 Å². The normalized spacial score (nSPS) is 14.4. The van der Waals surface area contributed by atoms with Gasteiger partial charge in [-0.1, -0.05) is 30.3 Å². The Morgan fingerprint density at radius 3 is 2.67 bits per heavy atom. The van der Waals surface area contributed by atoms with Crippen LogP contribution in [0.5, 0.6) is 0 Å². The summed E-state index contributed by atoms with van der Waals surface area (Å²) in [4.78, 5) is 28.2. The van der Waals surface area contributed by atoms with Crippen molar-refractivity contribution in [1.29, 1.82) is 0 Å². The summed E-state index contributed by atoms with van der Waals surface area (Å²) in [5.41, 5.74) is 2.45. The number of rotatable bonds is 5. The molecule has 1 aromatic carbocycles. The molecule has 0 atom stereocenters. The topological polar surface area (TPSA) is 58.6 Å². The lowest BCUT2D eigenvalue weighted by molar-refractivity contribution is -0.111. The van der Waals surface area contributed by atoms with E-state index in [1.807, 2.05) is 30.3 Å². The van der Waals surface area contributed by atoms with Crippen molar-refractivity contribution >= 4 is 34.3 Å². The maximum absolute atomic E-state index is 12.4. The number of hydrogen-bond donors (Lipinski definition) is 1. The van der Waals surface area contributed by atoms with Gasteiger partial charge in [0.05, 0.1) is 12.7 Å². The van der Waals surface area contributed by atoms with Gasteiger partial charge < -0.3 is 10.1 Å². The number of benzene rings is 1. The molecular weight excluding hydrogens is 360 g/mol. The second-order valence-corrected chi connectivity index (χ2v) is 7.85. The number of fused-ring (bicyclic) bond motifs is 1. The van der Waals surface area contributed by atoms with Crippen molar-refractivity contribution in [3.8, 4) is 0 Å². The molecule has 0 fully saturated rings. The van der Waals surface area contributed by atoms with Gasteiger partial charge >= 0.3 is 5.97 Å². The predicted octanol–water partition coefficient (Wildman–Crippen LogP) is 3.95. The molecule has 142 valence electrons. The summed E-state index contributed by atoms with van der Waals surface area (Å²) in [6, 6.07) is 10.0. The summed E-state index contributed by atoms with van der Waals surface area (Å²) in [5.74, 6) is -0.656. The van der Waals surface area contributed by atoms with E-state index >= 15 is 0 Å². The molecule has 0 unspecified atom stereocenters. The Balaban J connectivity index is 1.83. The van der Waals surface area contributed by atoms with Crippen molar-refractivity contribution in [3.05, 3.63) is 58.0 Å². The highest BCUT2D eigenvalue weighted by Crippen LogP contribution is 2.38. The number of amides is 1. The fraction of sp³-hybridized carbons (Fsp3) is 0.333. The van der Waals surface area contributed by atoms with Gasteiger partial charge in [-0.3, -0.25) is 9.69 Å². The molecule has 0 aliphatic carbocycles. The third-order valence-corrected chi connectivity index (χ3v) is 5.80. The molecular formula is C21H24N2O3S. The predicted molar refractivity (Wildman–Crippen MR) is 109 cm³/mol. The second-order valence-electron chi connectivity index (χ2n) is 6.75. The highest BCUT2D eigenvalue weighted by molar-refractivity contribution is 7.17. The lowest BCUT2D eigenvalue weighted by Gasteiger charge is -2.30. The van der Waals surface area contributed by atoms with Gasteiger partial charge in [0.25, 0.3) is 0 Å². The van der Waals surface area contributed by atoms with Crippen LogP contribution in [-0.4, -0.2) is 36.5 Å². The van der Waals surface area contributed by atoms with E-state index in [9.17, 15) is 9.59 Å². The van der Waals surface area contributed by atoms with E-state index in [1.165, 1.54) is 24.5 Å². The molecule has 3 rings (SSSR count). The van der Waals surface area contributed by atoms with E-state index in [4.69, 9.17) is 4.74 Å². The fourth-order valence-corrected chi connectivity index (χ4v) is 4.42. The number of hydrogen-bond acceptors (Lipinski definition) is 5. The summed E-state index contributed by atoms with van der Waals surface area (Å²) in [6.45, 7) is 6.01. The largest absolute Gasteiger partial charge is 0.465 e. The molecule has 0 bridgehead atoms. The second kappa shape index (κ2) is 8.50. The number of carbonyl (C=O) groups excluding carboxylic acids is 2. The first-order valence-electron chi connectivity index (χ1n) is 9.00. The van der Waals surface area contributed by atoms with Crippen molar-refractivity contribution in [2.75, 3.05) is 19.0 Å². The van der Waals surface area contributed by atoms with Gasteiger partial charge in [-0.25, -0.2) is 4.79 Å². The lowest BCUT2D eigenvalue weighted by Crippen LogP contribution is -2.35. The number of esters is 1. The number of ether oxygens (including phenoxy) is 1. The molecule has 5 nitrogen and oxygen atoms in total. The van der Waals surface area contributed by atoms with Gasteiger partial charge in [0.2, 0.25) is 5.91 Å². The number of anilines is 1. The summed E-state index contributed by atoms with van der Waals surface area (Å²) in [5, 5.41) is 3.44. The number of methoxy groups -OCH3 is 1. The van der Waals surface area contributed by atoms with Crippen molar-refractivity contribution in [2.45, 2.75) is 32.9 Å². The molecule has 27 heavy (non-hydrogen) atoms. The van der Waals surface area contributed by atoms with Crippen molar-refractivity contribution in [3.63, 3.8) is 0 Å². The van der Waals surface area contributed by atoms with Crippen molar-refractivity contribution in [1.82, 2.24) is 4.90 Å². The Kier molecular flexibility index (Phi) is 6.08. The maximum atomic E-state index is 12.4. The minimum Gasteiger partial charge on any atom is -0.465 e. The monoisotopic (exact) mass is 384 g/mol. The molecule has 1 aromatic heterocycles. The molecule has 0 saturated heterocycles. The van der Waals surface area contributed by atoms with Crippen molar-refractivity contribution in [2.24, 2.45) is 0 Å². The van der Waals surface area contributed by atoms with E-state index in [-0.39, 0.29) is 5.91 Å². The zero-order valence-electron chi connectivity index (χ0n) is 15.8. The molecule has 0 spiro atoms. The minimum absolute atomic E-state index is 0.261. The first-order valence-corrected chi connectivity index (χ1v) is 9.82. The number of nitrogens with zero attached hydrogens (tertiary/aromatic N) is 1. The third kappa shape index (κ3) is 4.46. The summed E-state index contributed by atoms with van der Waals surface area (Å²) in [6.07, 6.45) is 4.01. The molecule has 1 aliphatic rings. The summed E-state index contributed by atoms with van der Waals surface area (Å²) < 4.78 is 4.97. The van der Waals surface area contributed by atoms with Crippen LogP contribution in [0.4, 0.5) is 5.00 Å². The first-order chi connectivity index (χ1) is 13.0. The van der Waals surface area contributed by atoms with E-state index < -0.39 is 5.97 Å². The fourth-order valence-electron chi connectivity index (χ4n) is 3.16. The zero-order valence-corrected chi connectivity index (χ0v) is 16.6. The average molecular weight is 385 g/mol. The minimum atomic E-state index is -0.396. The average Bonchev–Trinajstić information content (AvgIpc) is 3.03. The molecule has 6 heteroatoms. The van der Waals surface area contributed by atoms with E-state index in [0.717, 1.165) is 35.5 Å². The Bertz CT molecular complexity index is 856. The van der Waals surface area contributed by atoms with Gasteiger partial charge in [-0.05, 0) is 37.5 Å². The highest BCUT2D eigenvalue weighted by Gasteiger charge is 2.29. The number of thiophene rings is 1. The SMILES string of the molecule is COC(=O)c1c(NC(=O)/C=C\c2ccccc2)sc2c1CCN(C(C)C)C2. The Labute approximate surface area is 163 Å². The number of carbonyl (C=O) groups is 2. The van der Waals surface area contributed by atoms with Crippen LogP contribution in [0.15, 0.2) is 36.4 Å². The van der Waals surface area contributed by atoms with E-state index in [2.05, 4.69) is 24.1 Å². The first kappa shape index (κ1) is 19.3. The Morgan fingerprint density at radius 1 is 1.26 bits per heavy atom. The lowest BCUT2D eigenvalue weighted by atomic mass is 10.0. The number of nitrogens with one attached hydrogen (secondary N) is 1. The van der Waals surface area contributed by atoms with Gasteiger partial charge in [-0.2, -0.15) is 0 Å². The molecule has 2 aromatic rings. The van der Waals surface area contributed by atoms with Crippen molar-refractivity contribution < 1.29 is 14.3 Å². The van der Waals surface area contributed by atoms with Gasteiger partial charge in [0.15, 0.2) is 0 Å². The summed E-state index contributed by atoms with van der Waals surface area (Å²) in [7, 11) is 1.37. The van der Waals surface area contributed by atoms with Crippen LogP contribution >= 0.6 is 11.3 Å². The molecule has 1 aliphatic heterocycles.